The number of hydrogen-bond donors (Lipinski definition) is 2. The second-order valence-electron chi connectivity index (χ2n) is 2.10. The number of rotatable bonds is 3. The van der Waals surface area contributed by atoms with Crippen LogP contribution in [0.4, 0.5) is 5.69 Å². The van der Waals surface area contributed by atoms with Gasteiger partial charge in [-0.2, -0.15) is 0 Å². The van der Waals surface area contributed by atoms with Crippen molar-refractivity contribution in [1.29, 1.82) is 0 Å². The summed E-state index contributed by atoms with van der Waals surface area (Å²) in [6.07, 6.45) is 0. The lowest BCUT2D eigenvalue weighted by Crippen LogP contribution is -1.94. The fourth-order valence-corrected chi connectivity index (χ4v) is 1.13. The molecule has 0 bridgehead atoms. The zero-order chi connectivity index (χ0) is 8.97. The molecule has 12 heavy (non-hydrogen) atoms. The van der Waals surface area contributed by atoms with Crippen LogP contribution in [-0.2, 0) is 10.9 Å². The van der Waals surface area contributed by atoms with Gasteiger partial charge in [0.25, 0.3) is 0 Å². The van der Waals surface area contributed by atoms with E-state index in [1.165, 1.54) is 0 Å². The number of benzene rings is 1. The quantitative estimate of drug-likeness (QED) is 0.682. The molecule has 0 aromatic heterocycles. The van der Waals surface area contributed by atoms with Gasteiger partial charge in [0.15, 0.2) is 0 Å². The molecule has 1 N–H and O–H groups in total. The molecule has 1 rings (SSSR count). The summed E-state index contributed by atoms with van der Waals surface area (Å²) >= 11 is 0. The smallest absolute Gasteiger partial charge is 0.222 e. The highest BCUT2D eigenvalue weighted by Crippen LogP contribution is 2.14. The molecule has 0 amide bonds. The zero-order valence-electron chi connectivity index (χ0n) is 6.48. The van der Waals surface area contributed by atoms with Crippen LogP contribution in [0.1, 0.15) is 0 Å². The molecule has 0 heterocycles. The van der Waals surface area contributed by atoms with Crippen LogP contribution in [0.3, 0.4) is 0 Å². The lowest BCUT2D eigenvalue weighted by Gasteiger charge is -2.00. The molecule has 0 aliphatic heterocycles. The summed E-state index contributed by atoms with van der Waals surface area (Å²) in [5.41, 5.74) is 0.534. The van der Waals surface area contributed by atoms with Gasteiger partial charge in [0.2, 0.25) is 10.9 Å². The minimum Gasteiger partial charge on any atom is -0.497 e. The molecule has 0 atom stereocenters. The van der Waals surface area contributed by atoms with Crippen LogP contribution < -0.4 is 9.46 Å². The largest absolute Gasteiger partial charge is 0.497 e. The first-order valence-corrected chi connectivity index (χ1v) is 4.45. The first-order chi connectivity index (χ1) is 5.72. The van der Waals surface area contributed by atoms with Crippen LogP contribution in [-0.4, -0.2) is 15.5 Å². The van der Waals surface area contributed by atoms with E-state index in [2.05, 4.69) is 4.72 Å². The van der Waals surface area contributed by atoms with Crippen LogP contribution in [0.15, 0.2) is 24.3 Å². The van der Waals surface area contributed by atoms with Gasteiger partial charge in [0.1, 0.15) is 5.75 Å². The molecule has 0 unspecified atom stereocenters. The third kappa shape index (κ3) is 2.43. The average Bonchev–Trinajstić information content (AvgIpc) is 2.05. The lowest BCUT2D eigenvalue weighted by molar-refractivity contribution is 0.415. The lowest BCUT2D eigenvalue weighted by atomic mass is 10.3. The maximum Gasteiger partial charge on any atom is 0.222 e. The van der Waals surface area contributed by atoms with Gasteiger partial charge in [0.05, 0.1) is 7.11 Å². The summed E-state index contributed by atoms with van der Waals surface area (Å²) in [5, 5.41) is 0. The normalized spacial score (nSPS) is 9.83. The Morgan fingerprint density at radius 1 is 1.25 bits per heavy atom. The van der Waals surface area contributed by atoms with Crippen LogP contribution in [0.25, 0.3) is 0 Å². The Balaban J connectivity index is 2.77. The molecule has 0 radical (unpaired) electrons. The topological polar surface area (TPSA) is 55.4 Å². The van der Waals surface area contributed by atoms with Gasteiger partial charge in [-0.1, -0.05) is 0 Å². The highest BCUT2D eigenvalue weighted by atomic mass is 32.2. The zero-order valence-corrected chi connectivity index (χ0v) is 7.38. The first-order valence-electron chi connectivity index (χ1n) is 3.27. The minimum atomic E-state index is -2.58. The third-order valence-corrected chi connectivity index (χ3v) is 1.75. The fraction of sp³-hybridized carbons (Fsp3) is 0.143. The Kier molecular flexibility index (Phi) is 2.93. The Labute approximate surface area is 72.3 Å². The summed E-state index contributed by atoms with van der Waals surface area (Å²) in [7, 11) is -1.03. The SMILES string of the molecule is COc1ccc(N[SH](=O)=O)cc1. The Bertz CT molecular complexity index is 310. The van der Waals surface area contributed by atoms with E-state index < -0.39 is 10.9 Å². The fourth-order valence-electron chi connectivity index (χ4n) is 0.771. The van der Waals surface area contributed by atoms with Gasteiger partial charge in [-0.15, -0.1) is 0 Å². The van der Waals surface area contributed by atoms with E-state index in [0.717, 1.165) is 0 Å². The highest BCUT2D eigenvalue weighted by Gasteiger charge is 1.92. The number of methoxy groups -OCH3 is 1. The third-order valence-electron chi connectivity index (χ3n) is 1.31. The van der Waals surface area contributed by atoms with E-state index in [-0.39, 0.29) is 0 Å². The molecule has 0 saturated carbocycles. The summed E-state index contributed by atoms with van der Waals surface area (Å²) in [6, 6.07) is 6.62. The number of nitrogens with one attached hydrogen (secondary N) is 1. The van der Waals surface area contributed by atoms with Gasteiger partial charge in [0, 0.05) is 5.69 Å². The standard InChI is InChI=1S/C7H9NO3S/c1-11-7-4-2-6(3-5-7)8-12(9)10/h2-5,12H,1H3,(H,8,9,10). The molecule has 5 heteroatoms. The summed E-state index contributed by atoms with van der Waals surface area (Å²) in [5.74, 6) is 0.696. The van der Waals surface area contributed by atoms with E-state index in [1.807, 2.05) is 0 Å². The molecule has 0 aliphatic carbocycles. The summed E-state index contributed by atoms with van der Waals surface area (Å²) in [4.78, 5) is 0. The molecule has 66 valence electrons. The molecular weight excluding hydrogens is 178 g/mol. The van der Waals surface area contributed by atoms with Gasteiger partial charge in [-0.05, 0) is 24.3 Å². The maximum absolute atomic E-state index is 10.2. The van der Waals surface area contributed by atoms with E-state index in [1.54, 1.807) is 31.4 Å². The number of hydrogen-bond acceptors (Lipinski definition) is 3. The van der Waals surface area contributed by atoms with Crippen molar-refractivity contribution in [2.24, 2.45) is 0 Å². The van der Waals surface area contributed by atoms with Crippen molar-refractivity contribution < 1.29 is 13.2 Å². The predicted molar refractivity (Wildman–Crippen MR) is 46.9 cm³/mol. The number of anilines is 1. The molecule has 1 aromatic rings. The minimum absolute atomic E-state index is 0.534. The molecule has 0 aliphatic rings. The van der Waals surface area contributed by atoms with Crippen LogP contribution in [0.5, 0.6) is 5.75 Å². The summed E-state index contributed by atoms with van der Waals surface area (Å²) < 4.78 is 27.6. The van der Waals surface area contributed by atoms with Crippen molar-refractivity contribution in [2.45, 2.75) is 0 Å². The molecule has 0 spiro atoms. The highest BCUT2D eigenvalue weighted by molar-refractivity contribution is 7.73. The van der Waals surface area contributed by atoms with Gasteiger partial charge < -0.3 is 4.74 Å². The van der Waals surface area contributed by atoms with Gasteiger partial charge >= 0.3 is 0 Å². The van der Waals surface area contributed by atoms with E-state index in [9.17, 15) is 8.42 Å². The molecule has 0 saturated heterocycles. The number of thiol groups is 1. The van der Waals surface area contributed by atoms with E-state index in [4.69, 9.17) is 4.74 Å². The van der Waals surface area contributed by atoms with Gasteiger partial charge in [-0.3, -0.25) is 4.72 Å². The van der Waals surface area contributed by atoms with Crippen LogP contribution >= 0.6 is 0 Å². The second kappa shape index (κ2) is 3.96. The van der Waals surface area contributed by atoms with Crippen molar-refractivity contribution in [1.82, 2.24) is 0 Å². The predicted octanol–water partition coefficient (Wildman–Crippen LogP) is 0.633. The Morgan fingerprint density at radius 2 is 1.83 bits per heavy atom. The van der Waals surface area contributed by atoms with Gasteiger partial charge in [-0.25, -0.2) is 8.42 Å². The van der Waals surface area contributed by atoms with Crippen LogP contribution in [0.2, 0.25) is 0 Å². The molecule has 0 fully saturated rings. The van der Waals surface area contributed by atoms with Crippen molar-refractivity contribution in [2.75, 3.05) is 11.8 Å². The first kappa shape index (κ1) is 8.86. The number of ether oxygens (including phenoxy) is 1. The average molecular weight is 187 g/mol. The second-order valence-corrected chi connectivity index (χ2v) is 2.84. The molecule has 4 nitrogen and oxygen atoms in total. The van der Waals surface area contributed by atoms with Crippen LogP contribution in [0, 0.1) is 0 Å². The van der Waals surface area contributed by atoms with Crippen molar-refractivity contribution in [3.05, 3.63) is 24.3 Å². The molecular formula is C7H9NO3S. The monoisotopic (exact) mass is 187 g/mol. The summed E-state index contributed by atoms with van der Waals surface area (Å²) in [6.45, 7) is 0. The Morgan fingerprint density at radius 3 is 2.25 bits per heavy atom. The van der Waals surface area contributed by atoms with E-state index in [0.29, 0.717) is 11.4 Å². The Hall–Kier alpha value is -1.23. The van der Waals surface area contributed by atoms with Crippen molar-refractivity contribution in [3.8, 4) is 5.75 Å². The van der Waals surface area contributed by atoms with Crippen molar-refractivity contribution in [3.63, 3.8) is 0 Å². The van der Waals surface area contributed by atoms with E-state index >= 15 is 0 Å². The maximum atomic E-state index is 10.2. The van der Waals surface area contributed by atoms with Crippen molar-refractivity contribution >= 4 is 16.6 Å². The molecule has 1 aromatic carbocycles.